The third-order valence-corrected chi connectivity index (χ3v) is 1.93. The van der Waals surface area contributed by atoms with Gasteiger partial charge in [0.25, 0.3) is 0 Å². The van der Waals surface area contributed by atoms with Crippen LogP contribution in [-0.4, -0.2) is 41.4 Å². The first-order valence-corrected chi connectivity index (χ1v) is 4.55. The molecular weight excluding hydrogens is 212 g/mol. The third kappa shape index (κ3) is 2.91. The Morgan fingerprint density at radius 2 is 2.31 bits per heavy atom. The Morgan fingerprint density at radius 3 is 2.88 bits per heavy atom. The molecule has 7 heteroatoms. The largest absolute Gasteiger partial charge is 0.370 e. The SMILES string of the molecule is CN(C)C(=O)CNc1ccncc1[N+](=O)[O-]. The predicted octanol–water partition coefficient (Wildman–Crippen LogP) is 0.490. The van der Waals surface area contributed by atoms with Crippen molar-refractivity contribution < 1.29 is 9.72 Å². The van der Waals surface area contributed by atoms with Gasteiger partial charge in [-0.25, -0.2) is 0 Å². The van der Waals surface area contributed by atoms with Gasteiger partial charge in [-0.05, 0) is 6.07 Å². The second-order valence-corrected chi connectivity index (χ2v) is 3.29. The monoisotopic (exact) mass is 224 g/mol. The predicted molar refractivity (Wildman–Crippen MR) is 58.1 cm³/mol. The summed E-state index contributed by atoms with van der Waals surface area (Å²) in [5.74, 6) is -0.161. The molecule has 1 aromatic heterocycles. The number of nitrogens with one attached hydrogen (secondary N) is 1. The van der Waals surface area contributed by atoms with Gasteiger partial charge in [0.1, 0.15) is 11.9 Å². The van der Waals surface area contributed by atoms with Crippen molar-refractivity contribution in [2.24, 2.45) is 0 Å². The van der Waals surface area contributed by atoms with Gasteiger partial charge < -0.3 is 10.2 Å². The number of anilines is 1. The fourth-order valence-corrected chi connectivity index (χ4v) is 1.01. The Balaban J connectivity index is 2.74. The van der Waals surface area contributed by atoms with Crippen LogP contribution in [0.1, 0.15) is 0 Å². The normalized spacial score (nSPS) is 9.62. The average Bonchev–Trinajstić information content (AvgIpc) is 2.25. The summed E-state index contributed by atoms with van der Waals surface area (Å²) in [6.07, 6.45) is 2.57. The van der Waals surface area contributed by atoms with Crippen LogP contribution in [0.3, 0.4) is 0 Å². The van der Waals surface area contributed by atoms with Gasteiger partial charge in [0.2, 0.25) is 5.91 Å². The van der Waals surface area contributed by atoms with Gasteiger partial charge in [-0.1, -0.05) is 0 Å². The Bertz CT molecular complexity index is 405. The third-order valence-electron chi connectivity index (χ3n) is 1.93. The van der Waals surface area contributed by atoms with E-state index in [-0.39, 0.29) is 23.8 Å². The first kappa shape index (κ1) is 11.9. The molecule has 0 aliphatic carbocycles. The van der Waals surface area contributed by atoms with E-state index in [1.54, 1.807) is 14.1 Å². The highest BCUT2D eigenvalue weighted by molar-refractivity contribution is 5.81. The summed E-state index contributed by atoms with van der Waals surface area (Å²) in [7, 11) is 3.23. The second-order valence-electron chi connectivity index (χ2n) is 3.29. The number of pyridine rings is 1. The molecule has 0 aliphatic rings. The van der Waals surface area contributed by atoms with Gasteiger partial charge in [0, 0.05) is 20.3 Å². The number of hydrogen-bond acceptors (Lipinski definition) is 5. The zero-order valence-corrected chi connectivity index (χ0v) is 9.01. The first-order valence-electron chi connectivity index (χ1n) is 4.55. The number of carbonyl (C=O) groups is 1. The van der Waals surface area contributed by atoms with Crippen molar-refractivity contribution >= 4 is 17.3 Å². The summed E-state index contributed by atoms with van der Waals surface area (Å²) in [6, 6.07) is 1.46. The number of amides is 1. The lowest BCUT2D eigenvalue weighted by atomic mass is 10.3. The molecule has 0 atom stereocenters. The van der Waals surface area contributed by atoms with Crippen LogP contribution in [0.4, 0.5) is 11.4 Å². The van der Waals surface area contributed by atoms with Crippen LogP contribution in [0.25, 0.3) is 0 Å². The van der Waals surface area contributed by atoms with E-state index in [0.717, 1.165) is 6.20 Å². The molecule has 0 saturated heterocycles. The number of aromatic nitrogens is 1. The summed E-state index contributed by atoms with van der Waals surface area (Å²) in [5.41, 5.74) is 0.143. The van der Waals surface area contributed by atoms with Crippen LogP contribution < -0.4 is 5.32 Å². The molecule has 0 saturated carbocycles. The maximum atomic E-state index is 11.3. The quantitative estimate of drug-likeness (QED) is 0.594. The van der Waals surface area contributed by atoms with Crippen molar-refractivity contribution in [2.75, 3.05) is 26.0 Å². The van der Waals surface area contributed by atoms with Gasteiger partial charge >= 0.3 is 5.69 Å². The lowest BCUT2D eigenvalue weighted by Crippen LogP contribution is -2.28. The van der Waals surface area contributed by atoms with Gasteiger partial charge in [0.05, 0.1) is 11.5 Å². The second kappa shape index (κ2) is 5.06. The van der Waals surface area contributed by atoms with E-state index in [4.69, 9.17) is 0 Å². The van der Waals surface area contributed by atoms with E-state index in [1.807, 2.05) is 0 Å². The minimum Gasteiger partial charge on any atom is -0.370 e. The number of rotatable bonds is 4. The highest BCUT2D eigenvalue weighted by Crippen LogP contribution is 2.21. The molecule has 1 N–H and O–H groups in total. The van der Waals surface area contributed by atoms with Crippen molar-refractivity contribution in [1.82, 2.24) is 9.88 Å². The molecule has 0 fully saturated rings. The number of likely N-dealkylation sites (N-methyl/N-ethyl adjacent to an activating group) is 1. The van der Waals surface area contributed by atoms with E-state index in [2.05, 4.69) is 10.3 Å². The van der Waals surface area contributed by atoms with E-state index in [1.165, 1.54) is 17.2 Å². The molecule has 1 aromatic rings. The van der Waals surface area contributed by atoms with Crippen LogP contribution >= 0.6 is 0 Å². The molecule has 1 amide bonds. The molecule has 0 radical (unpaired) electrons. The van der Waals surface area contributed by atoms with Crippen LogP contribution in [0.15, 0.2) is 18.5 Å². The lowest BCUT2D eigenvalue weighted by Gasteiger charge is -2.11. The molecule has 16 heavy (non-hydrogen) atoms. The lowest BCUT2D eigenvalue weighted by molar-refractivity contribution is -0.384. The summed E-state index contributed by atoms with van der Waals surface area (Å²) in [6.45, 7) is 0.0118. The van der Waals surface area contributed by atoms with Crippen molar-refractivity contribution in [3.63, 3.8) is 0 Å². The number of hydrogen-bond donors (Lipinski definition) is 1. The summed E-state index contributed by atoms with van der Waals surface area (Å²) in [5, 5.41) is 13.3. The zero-order valence-electron chi connectivity index (χ0n) is 9.01. The maximum Gasteiger partial charge on any atom is 0.310 e. The van der Waals surface area contributed by atoms with Crippen molar-refractivity contribution in [3.8, 4) is 0 Å². The maximum absolute atomic E-state index is 11.3. The molecule has 86 valence electrons. The highest BCUT2D eigenvalue weighted by atomic mass is 16.6. The summed E-state index contributed by atoms with van der Waals surface area (Å²) in [4.78, 5) is 26.4. The molecular formula is C9H12N4O3. The van der Waals surface area contributed by atoms with Crippen LogP contribution in [-0.2, 0) is 4.79 Å². The Kier molecular flexibility index (Phi) is 3.76. The van der Waals surface area contributed by atoms with E-state index in [9.17, 15) is 14.9 Å². The molecule has 0 spiro atoms. The molecule has 0 aromatic carbocycles. The molecule has 1 heterocycles. The molecule has 7 nitrogen and oxygen atoms in total. The highest BCUT2D eigenvalue weighted by Gasteiger charge is 2.14. The molecule has 0 bridgehead atoms. The fraction of sp³-hybridized carbons (Fsp3) is 0.333. The Hall–Kier alpha value is -2.18. The van der Waals surface area contributed by atoms with Gasteiger partial charge in [-0.3, -0.25) is 19.9 Å². The summed E-state index contributed by atoms with van der Waals surface area (Å²) >= 11 is 0. The van der Waals surface area contributed by atoms with Crippen LogP contribution in [0.5, 0.6) is 0 Å². The van der Waals surface area contributed by atoms with Gasteiger partial charge in [-0.15, -0.1) is 0 Å². The van der Waals surface area contributed by atoms with Crippen LogP contribution in [0, 0.1) is 10.1 Å². The molecule has 0 unspecified atom stereocenters. The van der Waals surface area contributed by atoms with Gasteiger partial charge in [-0.2, -0.15) is 0 Å². The Labute approximate surface area is 92.2 Å². The van der Waals surface area contributed by atoms with Crippen LogP contribution in [0.2, 0.25) is 0 Å². The van der Waals surface area contributed by atoms with Crippen molar-refractivity contribution in [1.29, 1.82) is 0 Å². The van der Waals surface area contributed by atoms with Crippen molar-refractivity contribution in [2.45, 2.75) is 0 Å². The number of nitrogens with zero attached hydrogens (tertiary/aromatic N) is 3. The van der Waals surface area contributed by atoms with Crippen molar-refractivity contribution in [3.05, 3.63) is 28.6 Å². The Morgan fingerprint density at radius 1 is 1.62 bits per heavy atom. The minimum atomic E-state index is -0.546. The summed E-state index contributed by atoms with van der Waals surface area (Å²) < 4.78 is 0. The average molecular weight is 224 g/mol. The minimum absolute atomic E-state index is 0.0118. The first-order chi connectivity index (χ1) is 7.52. The molecule has 0 aliphatic heterocycles. The van der Waals surface area contributed by atoms with E-state index in [0.29, 0.717) is 0 Å². The number of carbonyl (C=O) groups excluding carboxylic acids is 1. The van der Waals surface area contributed by atoms with Gasteiger partial charge in [0.15, 0.2) is 0 Å². The van der Waals surface area contributed by atoms with E-state index < -0.39 is 4.92 Å². The molecule has 1 rings (SSSR count). The van der Waals surface area contributed by atoms with E-state index >= 15 is 0 Å². The topological polar surface area (TPSA) is 88.4 Å². The fourth-order valence-electron chi connectivity index (χ4n) is 1.01. The smallest absolute Gasteiger partial charge is 0.310 e. The standard InChI is InChI=1S/C9H12N4O3/c1-12(2)9(14)6-11-7-3-4-10-5-8(7)13(15)16/h3-5H,6H2,1-2H3,(H,10,11). The number of nitro groups is 1. The zero-order chi connectivity index (χ0) is 12.1.